The fourth-order valence-electron chi connectivity index (χ4n) is 4.65. The number of aromatic nitrogens is 5. The number of nitrogens with zero attached hydrogens (tertiary/aromatic N) is 6. The highest BCUT2D eigenvalue weighted by Crippen LogP contribution is 2.29. The van der Waals surface area contributed by atoms with Crippen molar-refractivity contribution in [2.45, 2.75) is 39.2 Å². The Hall–Kier alpha value is -3.68. The maximum Gasteiger partial charge on any atom is 0.227 e. The van der Waals surface area contributed by atoms with Crippen molar-refractivity contribution in [3.05, 3.63) is 77.3 Å². The van der Waals surface area contributed by atoms with Crippen LogP contribution in [0.15, 0.2) is 48.9 Å². The number of fused-ring (bicyclic) bond motifs is 1. The van der Waals surface area contributed by atoms with Crippen LogP contribution in [0.3, 0.4) is 0 Å². The largest absolute Gasteiger partial charge is 0.497 e. The van der Waals surface area contributed by atoms with Gasteiger partial charge in [0.15, 0.2) is 5.65 Å². The van der Waals surface area contributed by atoms with Gasteiger partial charge in [-0.3, -0.25) is 4.79 Å². The van der Waals surface area contributed by atoms with Crippen LogP contribution in [0, 0.1) is 13.8 Å². The van der Waals surface area contributed by atoms with Crippen molar-refractivity contribution in [1.29, 1.82) is 0 Å². The zero-order chi connectivity index (χ0) is 22.9. The fraction of sp³-hybridized carbons (Fsp3) is 0.360. The van der Waals surface area contributed by atoms with Gasteiger partial charge in [0, 0.05) is 43.2 Å². The SMILES string of the molecule is COc1cccc(CC(=O)N2CC[C@H](c3ccnc4c(Cn5ccnc5C)c(C)nn34)C2)c1. The number of hydrogen-bond donors (Lipinski definition) is 0. The van der Waals surface area contributed by atoms with Crippen LogP contribution in [-0.2, 0) is 17.8 Å². The van der Waals surface area contributed by atoms with Gasteiger partial charge >= 0.3 is 0 Å². The number of carbonyl (C=O) groups is 1. The molecule has 0 N–H and O–H groups in total. The lowest BCUT2D eigenvalue weighted by Crippen LogP contribution is -2.30. The molecule has 3 aromatic heterocycles. The summed E-state index contributed by atoms with van der Waals surface area (Å²) in [6.07, 6.45) is 6.94. The van der Waals surface area contributed by atoms with Gasteiger partial charge in [0.25, 0.3) is 0 Å². The van der Waals surface area contributed by atoms with E-state index in [0.717, 1.165) is 52.7 Å². The average molecular weight is 445 g/mol. The topological polar surface area (TPSA) is 77.5 Å². The van der Waals surface area contributed by atoms with Crippen LogP contribution in [0.2, 0.25) is 0 Å². The zero-order valence-corrected chi connectivity index (χ0v) is 19.2. The molecule has 8 heteroatoms. The minimum Gasteiger partial charge on any atom is -0.497 e. The lowest BCUT2D eigenvalue weighted by Gasteiger charge is -2.17. The van der Waals surface area contributed by atoms with E-state index < -0.39 is 0 Å². The molecule has 4 heterocycles. The quantitative estimate of drug-likeness (QED) is 0.457. The van der Waals surface area contributed by atoms with E-state index in [2.05, 4.69) is 14.5 Å². The van der Waals surface area contributed by atoms with Gasteiger partial charge in [0.05, 0.1) is 31.5 Å². The Morgan fingerprint density at radius 1 is 1.18 bits per heavy atom. The molecule has 170 valence electrons. The van der Waals surface area contributed by atoms with Gasteiger partial charge in [0.1, 0.15) is 11.6 Å². The van der Waals surface area contributed by atoms with Crippen LogP contribution in [0.25, 0.3) is 5.65 Å². The first-order valence-corrected chi connectivity index (χ1v) is 11.2. The highest BCUT2D eigenvalue weighted by Gasteiger charge is 2.29. The standard InChI is InChI=1S/C25H28N6O2/c1-17-22(16-29-12-10-26-18(29)2)25-27-9-7-23(31(25)28-17)20-8-11-30(15-20)24(32)14-19-5-4-6-21(13-19)33-3/h4-7,9-10,12-13,20H,8,11,14-16H2,1-3H3/t20-/m0/s1. The number of likely N-dealkylation sites (tertiary alicyclic amines) is 1. The second-order valence-electron chi connectivity index (χ2n) is 8.63. The molecule has 33 heavy (non-hydrogen) atoms. The number of hydrogen-bond acceptors (Lipinski definition) is 5. The summed E-state index contributed by atoms with van der Waals surface area (Å²) in [6.45, 7) is 6.15. The fourth-order valence-corrected chi connectivity index (χ4v) is 4.65. The Labute approximate surface area is 192 Å². The van der Waals surface area contributed by atoms with Crippen LogP contribution in [-0.4, -0.2) is 55.2 Å². The number of methoxy groups -OCH3 is 1. The molecule has 4 aromatic rings. The maximum absolute atomic E-state index is 13.0. The molecule has 0 aliphatic carbocycles. The number of benzene rings is 1. The molecule has 5 rings (SSSR count). The van der Waals surface area contributed by atoms with Crippen molar-refractivity contribution < 1.29 is 9.53 Å². The summed E-state index contributed by atoms with van der Waals surface area (Å²) in [5.41, 5.74) is 5.01. The van der Waals surface area contributed by atoms with Gasteiger partial charge in [-0.05, 0) is 44.0 Å². The van der Waals surface area contributed by atoms with Gasteiger partial charge in [0.2, 0.25) is 5.91 Å². The molecule has 1 fully saturated rings. The number of carbonyl (C=O) groups excluding carboxylic acids is 1. The Balaban J connectivity index is 1.35. The molecule has 1 aromatic carbocycles. The van der Waals surface area contributed by atoms with E-state index in [9.17, 15) is 4.79 Å². The summed E-state index contributed by atoms with van der Waals surface area (Å²) >= 11 is 0. The van der Waals surface area contributed by atoms with Gasteiger partial charge in [-0.1, -0.05) is 12.1 Å². The molecule has 0 radical (unpaired) electrons. The zero-order valence-electron chi connectivity index (χ0n) is 19.2. The normalized spacial score (nSPS) is 16.0. The highest BCUT2D eigenvalue weighted by molar-refractivity contribution is 5.79. The summed E-state index contributed by atoms with van der Waals surface area (Å²) < 4.78 is 9.36. The number of imidazole rings is 1. The summed E-state index contributed by atoms with van der Waals surface area (Å²) in [4.78, 5) is 23.9. The lowest BCUT2D eigenvalue weighted by atomic mass is 10.0. The maximum atomic E-state index is 13.0. The van der Waals surface area contributed by atoms with Crippen LogP contribution >= 0.6 is 0 Å². The molecule has 1 aliphatic rings. The molecule has 0 spiro atoms. The Bertz CT molecular complexity index is 1310. The van der Waals surface area contributed by atoms with E-state index in [1.54, 1.807) is 7.11 Å². The van der Waals surface area contributed by atoms with E-state index in [-0.39, 0.29) is 11.8 Å². The summed E-state index contributed by atoms with van der Waals surface area (Å²) in [5.74, 6) is 2.11. The van der Waals surface area contributed by atoms with Crippen molar-refractivity contribution in [2.75, 3.05) is 20.2 Å². The van der Waals surface area contributed by atoms with Gasteiger partial charge in [-0.25, -0.2) is 14.5 Å². The molecular weight excluding hydrogens is 416 g/mol. The summed E-state index contributed by atoms with van der Waals surface area (Å²) in [7, 11) is 1.64. The average Bonchev–Trinajstić information content (AvgIpc) is 3.54. The van der Waals surface area contributed by atoms with Crippen LogP contribution in [0.1, 0.15) is 40.7 Å². The van der Waals surface area contributed by atoms with E-state index in [1.165, 1.54) is 0 Å². The third-order valence-corrected chi connectivity index (χ3v) is 6.54. The molecule has 1 atom stereocenters. The lowest BCUT2D eigenvalue weighted by molar-refractivity contribution is -0.129. The molecule has 0 bridgehead atoms. The molecule has 1 amide bonds. The van der Waals surface area contributed by atoms with Gasteiger partial charge in [-0.15, -0.1) is 0 Å². The molecule has 8 nitrogen and oxygen atoms in total. The minimum absolute atomic E-state index is 0.143. The summed E-state index contributed by atoms with van der Waals surface area (Å²) in [6, 6.07) is 9.74. The first-order valence-electron chi connectivity index (χ1n) is 11.2. The highest BCUT2D eigenvalue weighted by atomic mass is 16.5. The van der Waals surface area contributed by atoms with Crippen LogP contribution in [0.5, 0.6) is 5.75 Å². The van der Waals surface area contributed by atoms with Crippen molar-refractivity contribution in [1.82, 2.24) is 29.0 Å². The number of ether oxygens (including phenoxy) is 1. The van der Waals surface area contributed by atoms with Crippen molar-refractivity contribution in [3.63, 3.8) is 0 Å². The Morgan fingerprint density at radius 3 is 2.85 bits per heavy atom. The van der Waals surface area contributed by atoms with Gasteiger partial charge in [-0.2, -0.15) is 5.10 Å². The molecule has 0 unspecified atom stereocenters. The molecule has 1 saturated heterocycles. The van der Waals surface area contributed by atoms with E-state index in [1.807, 2.05) is 72.2 Å². The molecule has 1 aliphatic heterocycles. The van der Waals surface area contributed by atoms with Gasteiger partial charge < -0.3 is 14.2 Å². The second kappa shape index (κ2) is 8.69. The number of rotatable bonds is 6. The Kier molecular flexibility index (Phi) is 5.58. The number of aryl methyl sites for hydroxylation is 2. The number of amides is 1. The summed E-state index contributed by atoms with van der Waals surface area (Å²) in [5, 5.41) is 4.83. The van der Waals surface area contributed by atoms with E-state index in [4.69, 9.17) is 9.84 Å². The Morgan fingerprint density at radius 2 is 2.06 bits per heavy atom. The third kappa shape index (κ3) is 4.08. The first-order chi connectivity index (χ1) is 16.0. The van der Waals surface area contributed by atoms with Crippen LogP contribution < -0.4 is 4.74 Å². The predicted octanol–water partition coefficient (Wildman–Crippen LogP) is 3.16. The van der Waals surface area contributed by atoms with Crippen molar-refractivity contribution >= 4 is 11.6 Å². The van der Waals surface area contributed by atoms with Crippen LogP contribution in [0.4, 0.5) is 0 Å². The predicted molar refractivity (Wildman–Crippen MR) is 124 cm³/mol. The molecule has 0 saturated carbocycles. The second-order valence-corrected chi connectivity index (χ2v) is 8.63. The third-order valence-electron chi connectivity index (χ3n) is 6.54. The van der Waals surface area contributed by atoms with Crippen molar-refractivity contribution in [2.24, 2.45) is 0 Å². The molecular formula is C25H28N6O2. The van der Waals surface area contributed by atoms with E-state index >= 15 is 0 Å². The van der Waals surface area contributed by atoms with E-state index in [0.29, 0.717) is 19.5 Å². The first kappa shape index (κ1) is 21.2. The monoisotopic (exact) mass is 444 g/mol. The minimum atomic E-state index is 0.143. The smallest absolute Gasteiger partial charge is 0.227 e. The van der Waals surface area contributed by atoms with Crippen molar-refractivity contribution in [3.8, 4) is 5.75 Å².